The summed E-state index contributed by atoms with van der Waals surface area (Å²) < 4.78 is 0.867. The Morgan fingerprint density at radius 1 is 1.36 bits per heavy atom. The van der Waals surface area contributed by atoms with Crippen LogP contribution in [-0.2, 0) is 9.59 Å². The molecule has 0 atom stereocenters. The van der Waals surface area contributed by atoms with Gasteiger partial charge in [-0.05, 0) is 40.9 Å². The number of hydrogen-bond donors (Lipinski definition) is 1. The van der Waals surface area contributed by atoms with Crippen molar-refractivity contribution >= 4 is 45.1 Å². The van der Waals surface area contributed by atoms with Crippen molar-refractivity contribution < 1.29 is 19.5 Å². The van der Waals surface area contributed by atoms with Gasteiger partial charge >= 0.3 is 5.97 Å². The summed E-state index contributed by atoms with van der Waals surface area (Å²) in [4.78, 5) is 38.9. The lowest BCUT2D eigenvalue weighted by Crippen LogP contribution is -2.45. The third kappa shape index (κ3) is 4.07. The number of thiophene rings is 1. The third-order valence-corrected chi connectivity index (χ3v) is 5.31. The smallest absolute Gasteiger partial charge is 0.306 e. The number of hydrogen-bond acceptors (Lipinski definition) is 4. The van der Waals surface area contributed by atoms with Gasteiger partial charge in [0.1, 0.15) is 0 Å². The SMILES string of the molecule is CN(CC(=O)N1CCC(C(=O)O)CC1)C(=O)c1ccc(Br)s1. The average Bonchev–Trinajstić information content (AvgIpc) is 2.92. The molecule has 1 fully saturated rings. The van der Waals surface area contributed by atoms with E-state index < -0.39 is 5.97 Å². The highest BCUT2D eigenvalue weighted by Gasteiger charge is 2.28. The van der Waals surface area contributed by atoms with E-state index in [1.54, 1.807) is 24.1 Å². The molecule has 8 heteroatoms. The predicted molar refractivity (Wildman–Crippen MR) is 85.9 cm³/mol. The summed E-state index contributed by atoms with van der Waals surface area (Å²) >= 11 is 4.63. The normalized spacial score (nSPS) is 15.6. The van der Waals surface area contributed by atoms with Crippen LogP contribution in [0, 0.1) is 5.92 Å². The van der Waals surface area contributed by atoms with Crippen molar-refractivity contribution in [1.29, 1.82) is 0 Å². The first-order valence-electron chi connectivity index (χ1n) is 6.90. The van der Waals surface area contributed by atoms with Gasteiger partial charge in [0.2, 0.25) is 5.91 Å². The minimum Gasteiger partial charge on any atom is -0.481 e. The van der Waals surface area contributed by atoms with Crippen LogP contribution in [0.15, 0.2) is 15.9 Å². The number of nitrogens with zero attached hydrogens (tertiary/aromatic N) is 2. The van der Waals surface area contributed by atoms with E-state index in [9.17, 15) is 14.4 Å². The Kier molecular flexibility index (Phi) is 5.57. The first-order valence-corrected chi connectivity index (χ1v) is 8.51. The molecule has 1 aromatic heterocycles. The Hall–Kier alpha value is -1.41. The number of carbonyl (C=O) groups excluding carboxylic acids is 2. The van der Waals surface area contributed by atoms with Gasteiger partial charge in [-0.2, -0.15) is 0 Å². The van der Waals surface area contributed by atoms with E-state index >= 15 is 0 Å². The van der Waals surface area contributed by atoms with Crippen LogP contribution in [0.4, 0.5) is 0 Å². The van der Waals surface area contributed by atoms with E-state index in [0.717, 1.165) is 3.79 Å². The Bertz CT molecular complexity index is 581. The molecular formula is C14H17BrN2O4S. The predicted octanol–water partition coefficient (Wildman–Crippen LogP) is 1.91. The van der Waals surface area contributed by atoms with Crippen molar-refractivity contribution in [3.05, 3.63) is 20.8 Å². The molecule has 2 heterocycles. The molecule has 120 valence electrons. The minimum atomic E-state index is -0.803. The van der Waals surface area contributed by atoms with Gasteiger partial charge in [-0.1, -0.05) is 0 Å². The van der Waals surface area contributed by atoms with E-state index in [-0.39, 0.29) is 24.3 Å². The first kappa shape index (κ1) is 17.0. The van der Waals surface area contributed by atoms with Crippen molar-refractivity contribution in [1.82, 2.24) is 9.80 Å². The van der Waals surface area contributed by atoms with Crippen molar-refractivity contribution in [3.8, 4) is 0 Å². The number of aliphatic carboxylic acids is 1. The fourth-order valence-corrected chi connectivity index (χ4v) is 3.75. The van der Waals surface area contributed by atoms with Crippen LogP contribution >= 0.6 is 27.3 Å². The lowest BCUT2D eigenvalue weighted by molar-refractivity contribution is -0.145. The van der Waals surface area contributed by atoms with Crippen molar-refractivity contribution in [3.63, 3.8) is 0 Å². The molecular weight excluding hydrogens is 372 g/mol. The van der Waals surface area contributed by atoms with E-state index in [1.165, 1.54) is 16.2 Å². The van der Waals surface area contributed by atoms with E-state index in [2.05, 4.69) is 15.9 Å². The fraction of sp³-hybridized carbons (Fsp3) is 0.500. The number of likely N-dealkylation sites (N-methyl/N-ethyl adjacent to an activating group) is 1. The quantitative estimate of drug-likeness (QED) is 0.854. The zero-order chi connectivity index (χ0) is 16.3. The molecule has 0 spiro atoms. The summed E-state index contributed by atoms with van der Waals surface area (Å²) in [5.74, 6) is -1.51. The van der Waals surface area contributed by atoms with E-state index in [1.807, 2.05) is 0 Å². The topological polar surface area (TPSA) is 77.9 Å². The largest absolute Gasteiger partial charge is 0.481 e. The Morgan fingerprint density at radius 3 is 2.50 bits per heavy atom. The molecule has 1 N–H and O–H groups in total. The van der Waals surface area contributed by atoms with Gasteiger partial charge in [0.15, 0.2) is 0 Å². The molecule has 2 amide bonds. The van der Waals surface area contributed by atoms with Crippen LogP contribution in [0.2, 0.25) is 0 Å². The number of carboxylic acids is 1. The van der Waals surface area contributed by atoms with Crippen molar-refractivity contribution in [2.45, 2.75) is 12.8 Å². The first-order chi connectivity index (χ1) is 10.4. The Morgan fingerprint density at radius 2 is 2.00 bits per heavy atom. The average molecular weight is 389 g/mol. The summed E-state index contributed by atoms with van der Waals surface area (Å²) in [5, 5.41) is 8.95. The second kappa shape index (κ2) is 7.23. The van der Waals surface area contributed by atoms with Crippen LogP contribution in [0.25, 0.3) is 0 Å². The monoisotopic (exact) mass is 388 g/mol. The highest BCUT2D eigenvalue weighted by atomic mass is 79.9. The third-order valence-electron chi connectivity index (χ3n) is 3.70. The van der Waals surface area contributed by atoms with E-state index in [4.69, 9.17) is 5.11 Å². The summed E-state index contributed by atoms with van der Waals surface area (Å²) in [7, 11) is 1.60. The molecule has 1 aliphatic rings. The number of likely N-dealkylation sites (tertiary alicyclic amines) is 1. The standard InChI is InChI=1S/C14H17BrN2O4S/c1-16(13(19)10-2-3-11(15)22-10)8-12(18)17-6-4-9(5-7-17)14(20)21/h2-3,9H,4-8H2,1H3,(H,20,21). The van der Waals surface area contributed by atoms with Gasteiger partial charge in [-0.15, -0.1) is 11.3 Å². The van der Waals surface area contributed by atoms with Gasteiger partial charge in [0.05, 0.1) is 21.1 Å². The fourth-order valence-electron chi connectivity index (χ4n) is 2.37. The van der Waals surface area contributed by atoms with E-state index in [0.29, 0.717) is 30.8 Å². The molecule has 1 saturated heterocycles. The Labute approximate surface area is 140 Å². The van der Waals surface area contributed by atoms with Crippen LogP contribution in [0.1, 0.15) is 22.5 Å². The number of carboxylic acid groups (broad SMARTS) is 1. The number of rotatable bonds is 4. The number of halogens is 1. The number of carbonyl (C=O) groups is 3. The van der Waals surface area contributed by atoms with Crippen LogP contribution < -0.4 is 0 Å². The molecule has 1 aliphatic heterocycles. The molecule has 0 bridgehead atoms. The molecule has 6 nitrogen and oxygen atoms in total. The highest BCUT2D eigenvalue weighted by molar-refractivity contribution is 9.11. The molecule has 22 heavy (non-hydrogen) atoms. The zero-order valence-corrected chi connectivity index (χ0v) is 14.5. The highest BCUT2D eigenvalue weighted by Crippen LogP contribution is 2.23. The summed E-state index contributed by atoms with van der Waals surface area (Å²) in [6.45, 7) is 0.872. The molecule has 1 aromatic rings. The van der Waals surface area contributed by atoms with Gasteiger partial charge < -0.3 is 14.9 Å². The minimum absolute atomic E-state index is 0.00604. The molecule has 0 saturated carbocycles. The van der Waals surface area contributed by atoms with Gasteiger partial charge in [0.25, 0.3) is 5.91 Å². The zero-order valence-electron chi connectivity index (χ0n) is 12.1. The van der Waals surface area contributed by atoms with Crippen LogP contribution in [0.5, 0.6) is 0 Å². The second-order valence-corrected chi connectivity index (χ2v) is 7.72. The lowest BCUT2D eigenvalue weighted by Gasteiger charge is -2.31. The molecule has 0 aromatic carbocycles. The number of amides is 2. The lowest BCUT2D eigenvalue weighted by atomic mass is 9.97. The molecule has 0 unspecified atom stereocenters. The summed E-state index contributed by atoms with van der Waals surface area (Å²) in [5.41, 5.74) is 0. The summed E-state index contributed by atoms with van der Waals surface area (Å²) in [6.07, 6.45) is 0.938. The van der Waals surface area contributed by atoms with Gasteiger partial charge in [-0.25, -0.2) is 0 Å². The number of piperidine rings is 1. The van der Waals surface area contributed by atoms with Crippen LogP contribution in [-0.4, -0.2) is 59.4 Å². The molecule has 2 rings (SSSR count). The van der Waals surface area contributed by atoms with Gasteiger partial charge in [0, 0.05) is 20.1 Å². The molecule has 0 aliphatic carbocycles. The Balaban J connectivity index is 1.87. The van der Waals surface area contributed by atoms with Crippen LogP contribution in [0.3, 0.4) is 0 Å². The maximum Gasteiger partial charge on any atom is 0.306 e. The van der Waals surface area contributed by atoms with Gasteiger partial charge in [-0.3, -0.25) is 14.4 Å². The maximum atomic E-state index is 12.2. The van der Waals surface area contributed by atoms with Crippen molar-refractivity contribution in [2.24, 2.45) is 5.92 Å². The maximum absolute atomic E-state index is 12.2. The summed E-state index contributed by atoms with van der Waals surface area (Å²) in [6, 6.07) is 3.51. The molecule has 0 radical (unpaired) electrons. The second-order valence-electron chi connectivity index (χ2n) is 5.26. The van der Waals surface area contributed by atoms with Crippen molar-refractivity contribution in [2.75, 3.05) is 26.7 Å².